The van der Waals surface area contributed by atoms with Gasteiger partial charge in [0.25, 0.3) is 0 Å². The summed E-state index contributed by atoms with van der Waals surface area (Å²) in [6.45, 7) is 1.74. The van der Waals surface area contributed by atoms with Crippen LogP contribution in [0.4, 0.5) is 0 Å². The third-order valence-electron chi connectivity index (χ3n) is 1.91. The van der Waals surface area contributed by atoms with Crippen LogP contribution in [0.1, 0.15) is 17.3 Å². The Bertz CT molecular complexity index is 351. The molecule has 0 bridgehead atoms. The van der Waals surface area contributed by atoms with Crippen LogP contribution in [-0.4, -0.2) is 24.1 Å². The monoisotopic (exact) mass is 223 g/mol. The summed E-state index contributed by atoms with van der Waals surface area (Å²) in [5.41, 5.74) is 0.531. The molecule has 4 heteroatoms. The van der Waals surface area contributed by atoms with Crippen molar-refractivity contribution in [3.8, 4) is 0 Å². The summed E-state index contributed by atoms with van der Waals surface area (Å²) in [7, 11) is 1.70. The van der Waals surface area contributed by atoms with Crippen LogP contribution in [-0.2, 0) is 4.74 Å². The average Bonchev–Trinajstić information content (AvgIpc) is 2.29. The Hall–Kier alpha value is -1.42. The minimum Gasteiger partial charge on any atom is -0.452 e. The number of likely N-dealkylation sites (N-methyl/N-ethyl adjacent to an activating group) is 1. The van der Waals surface area contributed by atoms with Gasteiger partial charge in [0.05, 0.1) is 5.56 Å². The lowest BCUT2D eigenvalue weighted by Crippen LogP contribution is -2.31. The van der Waals surface area contributed by atoms with E-state index in [0.29, 0.717) is 10.6 Å². The van der Waals surface area contributed by atoms with Crippen molar-refractivity contribution >= 4 is 23.2 Å². The van der Waals surface area contributed by atoms with Crippen molar-refractivity contribution < 1.29 is 9.53 Å². The molecule has 1 aromatic carbocycles. The quantitative estimate of drug-likeness (QED) is 0.626. The number of hydrogen-bond donors (Lipinski definition) is 1. The third kappa shape index (κ3) is 3.32. The molecule has 1 aromatic rings. The molecule has 0 aliphatic heterocycles. The maximum absolute atomic E-state index is 11.6. The van der Waals surface area contributed by atoms with E-state index in [9.17, 15) is 4.79 Å². The van der Waals surface area contributed by atoms with E-state index >= 15 is 0 Å². The fourth-order valence-corrected chi connectivity index (χ4v) is 1.11. The summed E-state index contributed by atoms with van der Waals surface area (Å²) in [5.74, 6) is -0.360. The second kappa shape index (κ2) is 5.46. The molecule has 0 saturated heterocycles. The van der Waals surface area contributed by atoms with Crippen LogP contribution in [0, 0.1) is 0 Å². The lowest BCUT2D eigenvalue weighted by molar-refractivity contribution is 0.0451. The number of benzene rings is 1. The van der Waals surface area contributed by atoms with E-state index in [4.69, 9.17) is 17.0 Å². The van der Waals surface area contributed by atoms with Gasteiger partial charge < -0.3 is 10.1 Å². The van der Waals surface area contributed by atoms with Crippen molar-refractivity contribution in [1.82, 2.24) is 5.32 Å². The third-order valence-corrected chi connectivity index (χ3v) is 2.44. The second-order valence-corrected chi connectivity index (χ2v) is 3.47. The predicted octanol–water partition coefficient (Wildman–Crippen LogP) is 1.78. The van der Waals surface area contributed by atoms with E-state index in [-0.39, 0.29) is 5.97 Å². The Morgan fingerprint density at radius 1 is 1.40 bits per heavy atom. The summed E-state index contributed by atoms with van der Waals surface area (Å²) in [5, 5.41) is 2.78. The number of hydrogen-bond acceptors (Lipinski definition) is 3. The molecule has 1 atom stereocenters. The van der Waals surface area contributed by atoms with Crippen molar-refractivity contribution in [2.24, 2.45) is 0 Å². The Balaban J connectivity index is 2.61. The first kappa shape index (κ1) is 11.7. The molecule has 0 aliphatic rings. The van der Waals surface area contributed by atoms with Gasteiger partial charge in [-0.1, -0.05) is 30.4 Å². The Morgan fingerprint density at radius 3 is 2.53 bits per heavy atom. The van der Waals surface area contributed by atoms with E-state index in [2.05, 4.69) is 5.32 Å². The molecule has 0 saturated carbocycles. The number of nitrogens with one attached hydrogen (secondary N) is 1. The van der Waals surface area contributed by atoms with E-state index < -0.39 is 6.10 Å². The maximum Gasteiger partial charge on any atom is 0.338 e. The molecule has 0 fully saturated rings. The van der Waals surface area contributed by atoms with Crippen LogP contribution in [0.25, 0.3) is 0 Å². The number of thiocarbonyl (C=S) groups is 1. The van der Waals surface area contributed by atoms with E-state index in [1.807, 2.05) is 6.07 Å². The van der Waals surface area contributed by atoms with E-state index in [1.165, 1.54) is 0 Å². The standard InChI is InChI=1S/C11H13NO2S/c1-8(10(15)12-2)14-11(13)9-6-4-3-5-7-9/h3-8H,1-2H3,(H,12,15). The number of carbonyl (C=O) groups is 1. The summed E-state index contributed by atoms with van der Waals surface area (Å²) in [6.07, 6.45) is -0.405. The van der Waals surface area contributed by atoms with E-state index in [1.54, 1.807) is 38.2 Å². The number of ether oxygens (including phenoxy) is 1. The second-order valence-electron chi connectivity index (χ2n) is 3.03. The average molecular weight is 223 g/mol. The first-order chi connectivity index (χ1) is 7.15. The minimum absolute atomic E-state index is 0.360. The molecule has 1 rings (SSSR count). The van der Waals surface area contributed by atoms with Crippen molar-refractivity contribution in [1.29, 1.82) is 0 Å². The zero-order chi connectivity index (χ0) is 11.3. The van der Waals surface area contributed by atoms with Gasteiger partial charge >= 0.3 is 5.97 Å². The molecule has 0 radical (unpaired) electrons. The molecule has 0 aliphatic carbocycles. The van der Waals surface area contributed by atoms with Crippen molar-refractivity contribution in [2.45, 2.75) is 13.0 Å². The van der Waals surface area contributed by atoms with Crippen LogP contribution >= 0.6 is 12.2 Å². The molecule has 1 unspecified atom stereocenters. The Morgan fingerprint density at radius 2 is 2.00 bits per heavy atom. The molecular formula is C11H13NO2S. The van der Waals surface area contributed by atoms with Gasteiger partial charge in [-0.2, -0.15) is 0 Å². The lowest BCUT2D eigenvalue weighted by Gasteiger charge is -2.13. The topological polar surface area (TPSA) is 38.3 Å². The highest BCUT2D eigenvalue weighted by molar-refractivity contribution is 7.80. The first-order valence-electron chi connectivity index (χ1n) is 4.62. The van der Waals surface area contributed by atoms with Crippen molar-refractivity contribution in [3.63, 3.8) is 0 Å². The molecule has 1 N–H and O–H groups in total. The SMILES string of the molecule is CNC(=S)C(C)OC(=O)c1ccccc1. The Kier molecular flexibility index (Phi) is 4.24. The number of carbonyl (C=O) groups excluding carboxylic acids is 1. The fourth-order valence-electron chi connectivity index (χ4n) is 1.06. The molecule has 3 nitrogen and oxygen atoms in total. The van der Waals surface area contributed by atoms with Crippen LogP contribution in [0.2, 0.25) is 0 Å². The number of esters is 1. The lowest BCUT2D eigenvalue weighted by atomic mass is 10.2. The largest absolute Gasteiger partial charge is 0.452 e. The minimum atomic E-state index is -0.405. The summed E-state index contributed by atoms with van der Waals surface area (Å²) in [4.78, 5) is 12.1. The van der Waals surface area contributed by atoms with Gasteiger partial charge in [-0.3, -0.25) is 0 Å². The highest BCUT2D eigenvalue weighted by Crippen LogP contribution is 2.04. The van der Waals surface area contributed by atoms with E-state index in [0.717, 1.165) is 0 Å². The van der Waals surface area contributed by atoms with Crippen molar-refractivity contribution in [2.75, 3.05) is 7.05 Å². The van der Waals surface area contributed by atoms with Crippen LogP contribution in [0.15, 0.2) is 30.3 Å². The van der Waals surface area contributed by atoms with Crippen molar-refractivity contribution in [3.05, 3.63) is 35.9 Å². The predicted molar refractivity (Wildman–Crippen MR) is 63.0 cm³/mol. The fraction of sp³-hybridized carbons (Fsp3) is 0.273. The van der Waals surface area contributed by atoms with Gasteiger partial charge in [-0.05, 0) is 19.1 Å². The highest BCUT2D eigenvalue weighted by atomic mass is 32.1. The molecule has 0 aromatic heterocycles. The summed E-state index contributed by atoms with van der Waals surface area (Å²) >= 11 is 4.96. The summed E-state index contributed by atoms with van der Waals surface area (Å²) < 4.78 is 5.15. The van der Waals surface area contributed by atoms with Gasteiger partial charge in [0, 0.05) is 7.05 Å². The number of rotatable bonds is 3. The molecule has 80 valence electrons. The zero-order valence-electron chi connectivity index (χ0n) is 8.69. The summed E-state index contributed by atoms with van der Waals surface area (Å²) in [6, 6.07) is 8.84. The molecule has 0 amide bonds. The van der Waals surface area contributed by atoms with Crippen LogP contribution in [0.3, 0.4) is 0 Å². The highest BCUT2D eigenvalue weighted by Gasteiger charge is 2.14. The van der Waals surface area contributed by atoms with Gasteiger partial charge in [0.15, 0.2) is 0 Å². The molecule has 15 heavy (non-hydrogen) atoms. The zero-order valence-corrected chi connectivity index (χ0v) is 9.51. The maximum atomic E-state index is 11.6. The smallest absolute Gasteiger partial charge is 0.338 e. The van der Waals surface area contributed by atoms with Gasteiger partial charge in [0.2, 0.25) is 0 Å². The van der Waals surface area contributed by atoms with Gasteiger partial charge in [-0.15, -0.1) is 0 Å². The molecular weight excluding hydrogens is 210 g/mol. The first-order valence-corrected chi connectivity index (χ1v) is 5.03. The molecule has 0 heterocycles. The van der Waals surface area contributed by atoms with Crippen LogP contribution < -0.4 is 5.32 Å². The normalized spacial score (nSPS) is 11.6. The van der Waals surface area contributed by atoms with Gasteiger partial charge in [0.1, 0.15) is 11.1 Å². The Labute approximate surface area is 94.4 Å². The molecule has 0 spiro atoms. The van der Waals surface area contributed by atoms with Crippen LogP contribution in [0.5, 0.6) is 0 Å². The van der Waals surface area contributed by atoms with Gasteiger partial charge in [-0.25, -0.2) is 4.79 Å².